The predicted octanol–water partition coefficient (Wildman–Crippen LogP) is 19.1. The number of halogens is 12. The van der Waals surface area contributed by atoms with Crippen LogP contribution in [0.2, 0.25) is 0 Å². The number of carbonyl (C=O) groups is 4. The average molecular weight is 2040 g/mol. The quantitative estimate of drug-likeness (QED) is 0.0480. The third kappa shape index (κ3) is 22.3. The lowest BCUT2D eigenvalue weighted by atomic mass is 9.96. The Balaban J connectivity index is 0.000000125. The van der Waals surface area contributed by atoms with Crippen LogP contribution in [0.1, 0.15) is 120 Å². The summed E-state index contributed by atoms with van der Waals surface area (Å²) in [5, 5.41) is 0. The Morgan fingerprint density at radius 1 is 0.322 bits per heavy atom. The minimum Gasteiger partial charge on any atom is -0.477 e. The van der Waals surface area contributed by atoms with Gasteiger partial charge in [0, 0.05) is 147 Å². The summed E-state index contributed by atoms with van der Waals surface area (Å²) in [5.74, 6) is 6.22. The number of nitrogens with zero attached hydrogens (tertiary/aromatic N) is 24. The van der Waals surface area contributed by atoms with Crippen LogP contribution >= 0.6 is 0 Å². The van der Waals surface area contributed by atoms with Gasteiger partial charge in [-0.15, -0.1) is 0 Å². The van der Waals surface area contributed by atoms with Crippen molar-refractivity contribution in [2.75, 3.05) is 32.8 Å². The van der Waals surface area contributed by atoms with Gasteiger partial charge in [-0.25, -0.2) is 79.7 Å². The van der Waals surface area contributed by atoms with Crippen molar-refractivity contribution in [3.8, 4) is 115 Å². The number of ether oxygens (including phenoxy) is 4. The zero-order chi connectivity index (χ0) is 105. The Kier molecular flexibility index (Phi) is 28.0. The van der Waals surface area contributed by atoms with Crippen LogP contribution in [0.5, 0.6) is 23.5 Å². The maximum Gasteiger partial charge on any atom is 0.434 e. The second-order valence-corrected chi connectivity index (χ2v) is 36.4. The molecule has 6 aliphatic rings. The molecule has 4 amide bonds. The molecule has 0 atom stereocenters. The normalized spacial score (nSPS) is 14.3. The van der Waals surface area contributed by atoms with E-state index in [0.717, 1.165) is 101 Å². The molecule has 0 saturated heterocycles. The van der Waals surface area contributed by atoms with Gasteiger partial charge in [0.1, 0.15) is 58.8 Å². The Labute approximate surface area is 842 Å². The number of aryl methyl sites for hydroxylation is 4. The number of imidazole rings is 4. The summed E-state index contributed by atoms with van der Waals surface area (Å²) in [6.07, 6.45) is 5.15. The van der Waals surface area contributed by atoms with Crippen molar-refractivity contribution in [1.29, 1.82) is 0 Å². The van der Waals surface area contributed by atoms with Crippen molar-refractivity contribution in [3.63, 3.8) is 0 Å². The molecule has 16 aromatic rings. The number of pyridine rings is 4. The van der Waals surface area contributed by atoms with Crippen LogP contribution < -0.4 is 38.5 Å². The largest absolute Gasteiger partial charge is 0.477 e. The first-order chi connectivity index (χ1) is 71.4. The van der Waals surface area contributed by atoms with E-state index in [-0.39, 0.29) is 111 Å². The number of hydrogen-bond donors (Lipinski definition) is 0. The van der Waals surface area contributed by atoms with Crippen LogP contribution in [0.4, 0.5) is 76.0 Å². The summed E-state index contributed by atoms with van der Waals surface area (Å²) in [6.45, 7) is 7.89. The molecule has 0 radical (unpaired) electrons. The summed E-state index contributed by atoms with van der Waals surface area (Å²) < 4.78 is 185. The van der Waals surface area contributed by atoms with E-state index in [9.17, 15) is 71.9 Å². The maximum atomic E-state index is 13.0. The molecule has 4 aromatic carbocycles. The molecule has 44 heteroatoms. The Bertz CT molecular complexity index is 7720. The highest BCUT2D eigenvalue weighted by Gasteiger charge is 2.42. The molecular weight excluding hydrogens is 1950 g/mol. The molecule has 2 fully saturated rings. The summed E-state index contributed by atoms with van der Waals surface area (Å²) in [4.78, 5) is 126. The van der Waals surface area contributed by atoms with Crippen LogP contribution in [0.25, 0.3) is 91.1 Å². The van der Waals surface area contributed by atoms with Crippen molar-refractivity contribution in [1.82, 2.24) is 98.0 Å². The van der Waals surface area contributed by atoms with Crippen molar-refractivity contribution in [3.05, 3.63) is 287 Å². The number of benzene rings is 4. The first-order valence-corrected chi connectivity index (χ1v) is 47.2. The first-order valence-electron chi connectivity index (χ1n) is 47.2. The zero-order valence-electron chi connectivity index (χ0n) is 80.7. The van der Waals surface area contributed by atoms with Crippen molar-refractivity contribution in [2.24, 2.45) is 34.1 Å². The van der Waals surface area contributed by atoms with Crippen LogP contribution in [-0.4, -0.2) is 147 Å². The lowest BCUT2D eigenvalue weighted by molar-refractivity contribution is -0.141. The molecule has 2 aliphatic carbocycles. The molecule has 2 saturated carbocycles. The molecular formula is C105H90F12N24O8. The van der Waals surface area contributed by atoms with Crippen molar-refractivity contribution in [2.45, 2.75) is 142 Å². The van der Waals surface area contributed by atoms with Crippen molar-refractivity contribution >= 4 is 46.9 Å². The lowest BCUT2D eigenvalue weighted by Gasteiger charge is -2.26. The molecule has 32 nitrogen and oxygen atoms in total. The van der Waals surface area contributed by atoms with Gasteiger partial charge in [-0.3, -0.25) is 38.8 Å². The molecule has 22 rings (SSSR count). The predicted molar refractivity (Wildman–Crippen MR) is 519 cm³/mol. The molecule has 0 N–H and O–H groups in total. The summed E-state index contributed by atoms with van der Waals surface area (Å²) >= 11 is 0. The number of aromatic nitrogens is 20. The summed E-state index contributed by atoms with van der Waals surface area (Å²) in [7, 11) is 6.07. The van der Waals surface area contributed by atoms with E-state index in [1.165, 1.54) is 46.5 Å². The average Bonchev–Trinajstić information content (AvgIpc) is 1.65. The van der Waals surface area contributed by atoms with Gasteiger partial charge in [-0.05, 0) is 116 Å². The Morgan fingerprint density at radius 2 is 0.570 bits per heavy atom. The molecule has 16 heterocycles. The zero-order valence-corrected chi connectivity index (χ0v) is 80.7. The van der Waals surface area contributed by atoms with E-state index in [1.54, 1.807) is 197 Å². The molecule has 12 aromatic heterocycles. The second-order valence-electron chi connectivity index (χ2n) is 36.4. The minimum atomic E-state index is -4.52. The number of fused-ring (bicyclic) bond motifs is 4. The van der Waals surface area contributed by atoms with Crippen LogP contribution in [-0.2, 0) is 124 Å². The van der Waals surface area contributed by atoms with E-state index in [0.29, 0.717) is 134 Å². The number of rotatable bonds is 25. The highest BCUT2D eigenvalue weighted by Crippen LogP contribution is 2.44. The highest BCUT2D eigenvalue weighted by atomic mass is 19.4. The monoisotopic (exact) mass is 2040 g/mol. The number of alkyl halides is 12. The third-order valence-electron chi connectivity index (χ3n) is 24.9. The second kappa shape index (κ2) is 41.4. The van der Waals surface area contributed by atoms with Gasteiger partial charge in [-0.1, -0.05) is 111 Å². The van der Waals surface area contributed by atoms with Gasteiger partial charge in [0.15, 0.2) is 46.1 Å². The van der Waals surface area contributed by atoms with E-state index in [1.807, 2.05) is 39.0 Å². The minimum absolute atomic E-state index is 0.105. The number of hydrogen-bond acceptors (Lipinski definition) is 24. The number of amides is 4. The van der Waals surface area contributed by atoms with E-state index in [4.69, 9.17) is 33.9 Å². The first kappa shape index (κ1) is 101. The Hall–Kier alpha value is -17.1. The third-order valence-corrected chi connectivity index (χ3v) is 24.9. The molecule has 4 aliphatic heterocycles. The molecule has 0 bridgehead atoms. The smallest absolute Gasteiger partial charge is 0.434 e. The van der Waals surface area contributed by atoms with Crippen LogP contribution in [0, 0.1) is 5.92 Å². The maximum absolute atomic E-state index is 13.0. The fourth-order valence-electron chi connectivity index (χ4n) is 17.0. The van der Waals surface area contributed by atoms with Crippen LogP contribution in [0.3, 0.4) is 0 Å². The summed E-state index contributed by atoms with van der Waals surface area (Å²) in [6, 6.07) is 42.2. The SMILES string of the molecule is CC(C)COc1ncccc1-c1ncc2c(n1)N(Cc1ccc(-c3nc(C(F)(F)F)cn3C)cc1)C(=O)C2.CCOc1ncccc1-c1ncc2c(n1)N(Cc1ccc(-c3nc(C(F)(F)F)cn3C)cc1)C(=O)C2.Cn1cc(C(F)(F)F)nc1-c1ccc(CN2C(=O)Cc3cnc(-c4cccnc4OC4CC4)nc32)cc1.Cn1cc(C(F)(F)F)nc1-c1ccc(CN2C(=O)Cc3cnc(-c4cccnc4OC4CCC4)nc32)cc1. The summed E-state index contributed by atoms with van der Waals surface area (Å²) in [5.41, 5.74) is 7.05. The van der Waals surface area contributed by atoms with Gasteiger partial charge in [0.25, 0.3) is 0 Å². The van der Waals surface area contributed by atoms with E-state index in [2.05, 4.69) is 64.8 Å². The molecule has 0 spiro atoms. The topological polar surface area (TPSA) is 344 Å². The van der Waals surface area contributed by atoms with Crippen molar-refractivity contribution < 1.29 is 90.8 Å². The molecule has 762 valence electrons. The number of carbonyl (C=O) groups excluding carboxylic acids is 4. The van der Waals surface area contributed by atoms with E-state index >= 15 is 0 Å². The lowest BCUT2D eigenvalue weighted by Crippen LogP contribution is -2.27. The standard InChI is InChI=1S/C27H23F3N6O2.C27H25F3N6O2.C26H21F3N6O2.C25H21F3N6O2/c1-35-15-21(27(28,29)30)33-24(35)17-9-7-16(8-10-17)14-36-22(37)12-18-13-32-23(34-25(18)36)20-6-3-11-31-26(20)38-19-4-2-5-19;1-16(2)15-38-26-20(5-4-10-31-26)23-32-12-19-11-22(37)36(25(19)34-23)13-17-6-8-18(9-7-17)24-33-21(14-35(24)3)27(28,29)30;1-34-14-20(26(27,28)29)32-23(34)16-6-4-15(5-7-16)13-35-21(36)11-17-12-31-22(33-24(17)35)19-3-2-10-30-25(19)37-18-8-9-18;1-3-36-24-18(5-4-10-29-24)21-30-12-17-11-20(35)34(23(17)32-21)13-15-6-8-16(9-7-15)22-31-19(14-33(22)2)25(26,27)28/h3,6-11,13,15,19H,2,4-5,12,14H2,1H3;4-10,12,14,16H,11,13,15H2,1-3H3;2-7,10,12,14,18H,8-9,11,13H2,1H3;4-10,12,14H,3,11,13H2,1-2H3. The van der Waals surface area contributed by atoms with Gasteiger partial charge in [0.05, 0.1) is 87.3 Å². The van der Waals surface area contributed by atoms with Gasteiger partial charge < -0.3 is 37.2 Å². The van der Waals surface area contributed by atoms with Crippen LogP contribution in [0.15, 0.2) is 220 Å². The van der Waals surface area contributed by atoms with Gasteiger partial charge >= 0.3 is 24.7 Å². The van der Waals surface area contributed by atoms with Gasteiger partial charge in [0.2, 0.25) is 47.1 Å². The number of anilines is 4. The molecule has 0 unspecified atom stereocenters. The highest BCUT2D eigenvalue weighted by molar-refractivity contribution is 6.03. The Morgan fingerprint density at radius 3 is 0.799 bits per heavy atom. The fourth-order valence-corrected chi connectivity index (χ4v) is 17.0. The molecule has 149 heavy (non-hydrogen) atoms. The fraction of sp³-hybridized carbons (Fsp3) is 0.276. The van der Waals surface area contributed by atoms with E-state index < -0.39 is 47.5 Å². The van der Waals surface area contributed by atoms with Gasteiger partial charge in [-0.2, -0.15) is 52.7 Å².